The first-order valence-corrected chi connectivity index (χ1v) is 5.77. The van der Waals surface area contributed by atoms with Crippen molar-refractivity contribution in [2.45, 2.75) is 32.5 Å². The van der Waals surface area contributed by atoms with Gasteiger partial charge in [0.05, 0.1) is 6.61 Å². The van der Waals surface area contributed by atoms with Gasteiger partial charge in [0.1, 0.15) is 12.6 Å². The molecule has 0 rings (SSSR count). The van der Waals surface area contributed by atoms with E-state index in [1.165, 1.54) is 12.2 Å². The summed E-state index contributed by atoms with van der Waals surface area (Å²) in [6.45, 7) is 1.57. The number of nitrogens with one attached hydrogen (secondary N) is 1. The van der Waals surface area contributed by atoms with Crippen molar-refractivity contribution in [3.63, 3.8) is 0 Å². The maximum atomic E-state index is 12.1. The number of ketones is 1. The minimum Gasteiger partial charge on any atom is -0.464 e. The zero-order valence-electron chi connectivity index (χ0n) is 11.3. The van der Waals surface area contributed by atoms with Crippen LogP contribution in [-0.4, -0.2) is 49.1 Å². The van der Waals surface area contributed by atoms with Crippen molar-refractivity contribution in [2.75, 3.05) is 13.2 Å². The van der Waals surface area contributed by atoms with Crippen LogP contribution in [0.2, 0.25) is 0 Å². The summed E-state index contributed by atoms with van der Waals surface area (Å²) in [4.78, 5) is 44.1. The smallest absolute Gasteiger partial charge is 0.464 e. The van der Waals surface area contributed by atoms with Crippen molar-refractivity contribution < 1.29 is 41.8 Å². The molecular formula is C11H14F3NO6. The molecular weight excluding hydrogens is 299 g/mol. The van der Waals surface area contributed by atoms with E-state index in [9.17, 15) is 32.3 Å². The van der Waals surface area contributed by atoms with E-state index in [0.29, 0.717) is 0 Å². The minimum atomic E-state index is -5.20. The number of carbonyl (C=O) groups is 4. The zero-order chi connectivity index (χ0) is 16.6. The van der Waals surface area contributed by atoms with Crippen molar-refractivity contribution in [1.29, 1.82) is 0 Å². The van der Waals surface area contributed by atoms with Gasteiger partial charge in [0.25, 0.3) is 0 Å². The highest BCUT2D eigenvalue weighted by Gasteiger charge is 2.41. The van der Waals surface area contributed by atoms with E-state index in [2.05, 4.69) is 9.47 Å². The second-order valence-electron chi connectivity index (χ2n) is 3.80. The Hall–Kier alpha value is -2.13. The van der Waals surface area contributed by atoms with Crippen LogP contribution in [0.5, 0.6) is 0 Å². The van der Waals surface area contributed by atoms with Crippen LogP contribution in [0.25, 0.3) is 0 Å². The predicted octanol–water partition coefficient (Wildman–Crippen LogP) is 0.119. The highest BCUT2D eigenvalue weighted by Crippen LogP contribution is 2.15. The second kappa shape index (κ2) is 8.22. The molecule has 1 N–H and O–H groups in total. The van der Waals surface area contributed by atoms with Gasteiger partial charge >= 0.3 is 24.0 Å². The lowest BCUT2D eigenvalue weighted by molar-refractivity contribution is -0.176. The molecule has 0 fully saturated rings. The molecule has 0 saturated heterocycles. The van der Waals surface area contributed by atoms with Crippen LogP contribution < -0.4 is 5.32 Å². The number of halogens is 3. The highest BCUT2D eigenvalue weighted by atomic mass is 19.4. The van der Waals surface area contributed by atoms with E-state index in [4.69, 9.17) is 0 Å². The average Bonchev–Trinajstić information content (AvgIpc) is 2.34. The summed E-state index contributed by atoms with van der Waals surface area (Å²) in [6.07, 6.45) is -5.99. The predicted molar refractivity (Wildman–Crippen MR) is 60.9 cm³/mol. The molecule has 21 heavy (non-hydrogen) atoms. The Balaban J connectivity index is 4.75. The second-order valence-corrected chi connectivity index (χ2v) is 3.80. The molecule has 0 radical (unpaired) electrons. The van der Waals surface area contributed by atoms with Gasteiger partial charge in [0, 0.05) is 13.3 Å². The largest absolute Gasteiger partial charge is 0.471 e. The third-order valence-corrected chi connectivity index (χ3v) is 2.00. The average molecular weight is 313 g/mol. The van der Waals surface area contributed by atoms with Crippen LogP contribution in [0.4, 0.5) is 13.2 Å². The van der Waals surface area contributed by atoms with Gasteiger partial charge in [-0.25, -0.2) is 4.79 Å². The lowest BCUT2D eigenvalue weighted by atomic mass is 10.1. The van der Waals surface area contributed by atoms with Gasteiger partial charge in [-0.15, -0.1) is 0 Å². The Bertz CT molecular complexity index is 421. The number of rotatable bonds is 7. The van der Waals surface area contributed by atoms with Crippen LogP contribution in [0.3, 0.4) is 0 Å². The van der Waals surface area contributed by atoms with Gasteiger partial charge in [-0.2, -0.15) is 13.2 Å². The Morgan fingerprint density at radius 3 is 2.14 bits per heavy atom. The highest BCUT2D eigenvalue weighted by molar-refractivity contribution is 5.92. The maximum Gasteiger partial charge on any atom is 0.471 e. The number of hydrogen-bond acceptors (Lipinski definition) is 6. The fraction of sp³-hybridized carbons (Fsp3) is 0.636. The van der Waals surface area contributed by atoms with Crippen LogP contribution >= 0.6 is 0 Å². The van der Waals surface area contributed by atoms with Crippen molar-refractivity contribution >= 4 is 23.6 Å². The first-order valence-electron chi connectivity index (χ1n) is 5.77. The molecule has 0 aromatic heterocycles. The molecule has 0 aromatic rings. The monoisotopic (exact) mass is 313 g/mol. The standard InChI is InChI=1S/C11H14F3NO6/c1-3-20-9(18)8(15-10(19)11(12,13)14)4-7(17)5-21-6(2)16/h8H,3-5H2,1-2H3,(H,15,19)/t8-/m1/s1. The number of Topliss-reactive ketones (excluding diaryl/α,β-unsaturated/α-hetero) is 1. The molecule has 0 heterocycles. The molecule has 0 saturated carbocycles. The quantitative estimate of drug-likeness (QED) is 0.670. The van der Waals surface area contributed by atoms with E-state index >= 15 is 0 Å². The van der Waals surface area contributed by atoms with Gasteiger partial charge in [0.15, 0.2) is 5.78 Å². The molecule has 0 spiro atoms. The summed E-state index contributed by atoms with van der Waals surface area (Å²) in [5, 5.41) is 1.36. The Labute approximate surface area is 117 Å². The summed E-state index contributed by atoms with van der Waals surface area (Å²) in [5.74, 6) is -5.17. The van der Waals surface area contributed by atoms with Crippen LogP contribution in [-0.2, 0) is 28.7 Å². The molecule has 1 amide bonds. The number of carbonyl (C=O) groups excluding carboxylic acids is 4. The molecule has 1 atom stereocenters. The molecule has 0 aromatic carbocycles. The Morgan fingerprint density at radius 1 is 1.14 bits per heavy atom. The fourth-order valence-corrected chi connectivity index (χ4v) is 1.14. The van der Waals surface area contributed by atoms with E-state index in [-0.39, 0.29) is 6.61 Å². The molecule has 0 bridgehead atoms. The van der Waals surface area contributed by atoms with E-state index in [0.717, 1.165) is 6.92 Å². The number of hydrogen-bond donors (Lipinski definition) is 1. The van der Waals surface area contributed by atoms with Crippen molar-refractivity contribution in [1.82, 2.24) is 5.32 Å². The summed E-state index contributed by atoms with van der Waals surface area (Å²) < 4.78 is 45.2. The van der Waals surface area contributed by atoms with Gasteiger partial charge in [-0.05, 0) is 6.92 Å². The molecule has 0 unspecified atom stereocenters. The summed E-state index contributed by atoms with van der Waals surface area (Å²) in [7, 11) is 0. The van der Waals surface area contributed by atoms with Gasteiger partial charge in [-0.3, -0.25) is 14.4 Å². The third-order valence-electron chi connectivity index (χ3n) is 2.00. The van der Waals surface area contributed by atoms with Gasteiger partial charge in [-0.1, -0.05) is 0 Å². The fourth-order valence-electron chi connectivity index (χ4n) is 1.14. The molecule has 10 heteroatoms. The Kier molecular flexibility index (Phi) is 7.39. The molecule has 7 nitrogen and oxygen atoms in total. The van der Waals surface area contributed by atoms with Gasteiger partial charge in [0.2, 0.25) is 0 Å². The SMILES string of the molecule is CCOC(=O)[C@@H](CC(=O)COC(C)=O)NC(=O)C(F)(F)F. The van der Waals surface area contributed by atoms with Crippen molar-refractivity contribution in [3.05, 3.63) is 0 Å². The number of amides is 1. The van der Waals surface area contributed by atoms with E-state index in [1.807, 2.05) is 0 Å². The maximum absolute atomic E-state index is 12.1. The normalized spacial score (nSPS) is 12.2. The first kappa shape index (κ1) is 18.9. The number of esters is 2. The first-order chi connectivity index (χ1) is 9.57. The Morgan fingerprint density at radius 2 is 1.71 bits per heavy atom. The molecule has 0 aliphatic rings. The zero-order valence-corrected chi connectivity index (χ0v) is 11.3. The number of alkyl halides is 3. The summed E-state index contributed by atoms with van der Waals surface area (Å²) in [5.41, 5.74) is 0. The molecule has 120 valence electrons. The van der Waals surface area contributed by atoms with Crippen LogP contribution in [0.1, 0.15) is 20.3 Å². The topological polar surface area (TPSA) is 98.8 Å². The molecule has 0 aliphatic carbocycles. The van der Waals surface area contributed by atoms with Crippen LogP contribution in [0, 0.1) is 0 Å². The van der Waals surface area contributed by atoms with E-state index < -0.39 is 48.9 Å². The number of ether oxygens (including phenoxy) is 2. The summed E-state index contributed by atoms with van der Waals surface area (Å²) >= 11 is 0. The van der Waals surface area contributed by atoms with Crippen LogP contribution in [0.15, 0.2) is 0 Å². The lowest BCUT2D eigenvalue weighted by Gasteiger charge is -2.17. The lowest BCUT2D eigenvalue weighted by Crippen LogP contribution is -2.48. The van der Waals surface area contributed by atoms with E-state index in [1.54, 1.807) is 0 Å². The third kappa shape index (κ3) is 7.90. The molecule has 0 aliphatic heterocycles. The van der Waals surface area contributed by atoms with Crippen molar-refractivity contribution in [3.8, 4) is 0 Å². The minimum absolute atomic E-state index is 0.143. The summed E-state index contributed by atoms with van der Waals surface area (Å²) in [6, 6.07) is -1.80. The van der Waals surface area contributed by atoms with Gasteiger partial charge < -0.3 is 14.8 Å². The van der Waals surface area contributed by atoms with Crippen molar-refractivity contribution in [2.24, 2.45) is 0 Å².